The Morgan fingerprint density at radius 3 is 2.71 bits per heavy atom. The topological polar surface area (TPSA) is 3.88 Å². The van der Waals surface area contributed by atoms with Crippen molar-refractivity contribution in [1.82, 2.24) is 0 Å². The molecular weight excluding hydrogens is 254 g/mol. The highest BCUT2D eigenvalue weighted by molar-refractivity contribution is 5.78. The lowest BCUT2D eigenvalue weighted by molar-refractivity contribution is -0.645. The van der Waals surface area contributed by atoms with Crippen LogP contribution in [-0.2, 0) is 13.0 Å². The highest BCUT2D eigenvalue weighted by Crippen LogP contribution is 2.30. The van der Waals surface area contributed by atoms with Crippen LogP contribution in [0.1, 0.15) is 25.0 Å². The van der Waals surface area contributed by atoms with Gasteiger partial charge in [0, 0.05) is 23.1 Å². The van der Waals surface area contributed by atoms with E-state index in [0.717, 1.165) is 13.0 Å². The van der Waals surface area contributed by atoms with Crippen molar-refractivity contribution in [1.29, 1.82) is 0 Å². The van der Waals surface area contributed by atoms with Crippen LogP contribution in [0.4, 0.5) is 0 Å². The highest BCUT2D eigenvalue weighted by atomic mass is 15.0. The van der Waals surface area contributed by atoms with E-state index in [1.807, 2.05) is 0 Å². The van der Waals surface area contributed by atoms with Gasteiger partial charge in [0.1, 0.15) is 0 Å². The first-order valence-electron chi connectivity index (χ1n) is 7.76. The summed E-state index contributed by atoms with van der Waals surface area (Å²) in [6.07, 6.45) is 1.15. The molecule has 104 valence electrons. The fourth-order valence-electron chi connectivity index (χ4n) is 3.44. The molecule has 0 amide bonds. The molecule has 1 aromatic heterocycles. The Hall–Kier alpha value is -2.15. The molecule has 0 fully saturated rings. The summed E-state index contributed by atoms with van der Waals surface area (Å²) in [5.41, 5.74) is 6.99. The fraction of sp³-hybridized carbons (Fsp3) is 0.250. The Balaban J connectivity index is 1.88. The number of rotatable bonds is 2. The molecule has 3 aromatic rings. The molecule has 1 nitrogen and oxygen atoms in total. The van der Waals surface area contributed by atoms with Gasteiger partial charge in [0.25, 0.3) is 0 Å². The molecule has 0 aliphatic carbocycles. The van der Waals surface area contributed by atoms with Crippen molar-refractivity contribution in [3.05, 3.63) is 65.7 Å². The van der Waals surface area contributed by atoms with Crippen molar-refractivity contribution in [3.63, 3.8) is 0 Å². The Morgan fingerprint density at radius 1 is 1.00 bits per heavy atom. The largest absolute Gasteiger partial charge is 0.213 e. The summed E-state index contributed by atoms with van der Waals surface area (Å²) in [5, 5.41) is 1.32. The zero-order valence-electron chi connectivity index (χ0n) is 12.6. The van der Waals surface area contributed by atoms with Gasteiger partial charge in [0.2, 0.25) is 11.2 Å². The van der Waals surface area contributed by atoms with Gasteiger partial charge >= 0.3 is 0 Å². The van der Waals surface area contributed by atoms with E-state index < -0.39 is 0 Å². The summed E-state index contributed by atoms with van der Waals surface area (Å²) in [4.78, 5) is 0. The van der Waals surface area contributed by atoms with E-state index in [4.69, 9.17) is 0 Å². The van der Waals surface area contributed by atoms with Crippen LogP contribution in [0.15, 0.2) is 54.6 Å². The zero-order valence-corrected chi connectivity index (χ0v) is 12.6. The minimum Gasteiger partial charge on any atom is -0.187 e. The smallest absolute Gasteiger partial charge is 0.187 e. The molecule has 0 saturated heterocycles. The lowest BCUT2D eigenvalue weighted by Crippen LogP contribution is -2.33. The summed E-state index contributed by atoms with van der Waals surface area (Å²) in [6, 6.07) is 20.2. The first-order valence-corrected chi connectivity index (χ1v) is 7.76. The quantitative estimate of drug-likeness (QED) is 0.478. The van der Waals surface area contributed by atoms with E-state index >= 15 is 0 Å². The minimum absolute atomic E-state index is 0.702. The number of pyridine rings is 1. The van der Waals surface area contributed by atoms with E-state index in [-0.39, 0.29) is 0 Å². The van der Waals surface area contributed by atoms with Gasteiger partial charge in [0.15, 0.2) is 6.54 Å². The molecule has 0 atom stereocenters. The second-order valence-electron chi connectivity index (χ2n) is 6.45. The van der Waals surface area contributed by atoms with Crippen molar-refractivity contribution < 1.29 is 4.57 Å². The predicted molar refractivity (Wildman–Crippen MR) is 87.2 cm³/mol. The maximum Gasteiger partial charge on any atom is 0.213 e. The fourth-order valence-corrected chi connectivity index (χ4v) is 3.44. The van der Waals surface area contributed by atoms with Gasteiger partial charge in [-0.05, 0) is 36.1 Å². The number of benzene rings is 2. The molecule has 0 unspecified atom stereocenters. The highest BCUT2D eigenvalue weighted by Gasteiger charge is 2.28. The summed E-state index contributed by atoms with van der Waals surface area (Å²) in [5.74, 6) is 0.702. The van der Waals surface area contributed by atoms with Crippen LogP contribution in [0.3, 0.4) is 0 Å². The Labute approximate surface area is 125 Å². The van der Waals surface area contributed by atoms with Crippen LogP contribution >= 0.6 is 0 Å². The van der Waals surface area contributed by atoms with Crippen LogP contribution in [0, 0.1) is 5.92 Å². The van der Waals surface area contributed by atoms with Crippen LogP contribution < -0.4 is 4.57 Å². The van der Waals surface area contributed by atoms with Crippen LogP contribution in [0.5, 0.6) is 0 Å². The lowest BCUT2D eigenvalue weighted by atomic mass is 9.98. The maximum atomic E-state index is 2.44. The molecule has 0 saturated carbocycles. The zero-order chi connectivity index (χ0) is 14.4. The molecule has 1 aliphatic rings. The normalized spacial score (nSPS) is 12.7. The number of hydrogen-bond donors (Lipinski definition) is 0. The van der Waals surface area contributed by atoms with Gasteiger partial charge in [-0.2, -0.15) is 4.57 Å². The number of nitrogens with zero attached hydrogens (tertiary/aromatic N) is 1. The second kappa shape index (κ2) is 4.70. The Kier molecular flexibility index (Phi) is 2.81. The molecule has 0 radical (unpaired) electrons. The van der Waals surface area contributed by atoms with Crippen LogP contribution in [0.25, 0.3) is 22.2 Å². The predicted octanol–water partition coefficient (Wildman–Crippen LogP) is 4.35. The van der Waals surface area contributed by atoms with Gasteiger partial charge in [-0.25, -0.2) is 0 Å². The SMILES string of the molecule is CC(C)Cc1ccc2c(c1)-c1ccc3ccccc3[n+]1C2. The maximum absolute atomic E-state index is 2.44. The van der Waals surface area contributed by atoms with Crippen LogP contribution in [0.2, 0.25) is 0 Å². The molecule has 1 aliphatic heterocycles. The van der Waals surface area contributed by atoms with Gasteiger partial charge in [-0.1, -0.05) is 38.1 Å². The van der Waals surface area contributed by atoms with Gasteiger partial charge in [-0.15, -0.1) is 0 Å². The van der Waals surface area contributed by atoms with Crippen molar-refractivity contribution in [3.8, 4) is 11.3 Å². The van der Waals surface area contributed by atoms with Crippen molar-refractivity contribution in [2.45, 2.75) is 26.8 Å². The van der Waals surface area contributed by atoms with Gasteiger partial charge < -0.3 is 0 Å². The molecule has 21 heavy (non-hydrogen) atoms. The summed E-state index contributed by atoms with van der Waals surface area (Å²) < 4.78 is 2.44. The molecule has 2 heterocycles. The third-order valence-corrected chi connectivity index (χ3v) is 4.36. The van der Waals surface area contributed by atoms with Crippen LogP contribution in [-0.4, -0.2) is 0 Å². The molecule has 4 rings (SSSR count). The number of para-hydroxylation sites is 1. The average molecular weight is 274 g/mol. The summed E-state index contributed by atoms with van der Waals surface area (Å²) in [6.45, 7) is 5.56. The number of aromatic nitrogens is 1. The number of fused-ring (bicyclic) bond motifs is 5. The Morgan fingerprint density at radius 2 is 1.86 bits per heavy atom. The number of hydrogen-bond acceptors (Lipinski definition) is 0. The van der Waals surface area contributed by atoms with Gasteiger partial charge in [-0.3, -0.25) is 0 Å². The Bertz CT molecular complexity index is 830. The van der Waals surface area contributed by atoms with Crippen molar-refractivity contribution in [2.24, 2.45) is 5.92 Å². The molecule has 0 bridgehead atoms. The van der Waals surface area contributed by atoms with Crippen molar-refractivity contribution in [2.75, 3.05) is 0 Å². The molecule has 2 aromatic carbocycles. The average Bonchev–Trinajstić information content (AvgIpc) is 2.85. The molecule has 0 N–H and O–H groups in total. The third kappa shape index (κ3) is 2.04. The van der Waals surface area contributed by atoms with E-state index in [0.29, 0.717) is 5.92 Å². The first-order chi connectivity index (χ1) is 10.2. The van der Waals surface area contributed by atoms with E-state index in [1.54, 1.807) is 0 Å². The van der Waals surface area contributed by atoms with Crippen molar-refractivity contribution >= 4 is 10.9 Å². The lowest BCUT2D eigenvalue weighted by Gasteiger charge is -2.05. The van der Waals surface area contributed by atoms with E-state index in [1.165, 1.54) is 33.3 Å². The van der Waals surface area contributed by atoms with E-state index in [9.17, 15) is 0 Å². The van der Waals surface area contributed by atoms with Gasteiger partial charge in [0.05, 0.1) is 5.56 Å². The molecular formula is C20H20N+. The summed E-state index contributed by atoms with van der Waals surface area (Å²) >= 11 is 0. The second-order valence-corrected chi connectivity index (χ2v) is 6.45. The minimum atomic E-state index is 0.702. The molecule has 0 spiro atoms. The third-order valence-electron chi connectivity index (χ3n) is 4.36. The summed E-state index contributed by atoms with van der Waals surface area (Å²) in [7, 11) is 0. The standard InChI is InChI=1S/C20H20N/c1-14(2)11-15-7-8-17-13-21-19-6-4-3-5-16(19)9-10-20(21)18(17)12-15/h3-10,12,14H,11,13H2,1-2H3/q+1. The molecule has 1 heteroatoms. The monoisotopic (exact) mass is 274 g/mol. The first kappa shape index (κ1) is 12.6. The van der Waals surface area contributed by atoms with E-state index in [2.05, 4.69) is 73.0 Å².